The fourth-order valence-corrected chi connectivity index (χ4v) is 4.74. The Labute approximate surface area is 170 Å². The number of amides is 4. The topological polar surface area (TPSA) is 93.2 Å². The second kappa shape index (κ2) is 8.12. The summed E-state index contributed by atoms with van der Waals surface area (Å²) in [5.41, 5.74) is 0.413. The van der Waals surface area contributed by atoms with E-state index in [1.54, 1.807) is 4.90 Å². The monoisotopic (exact) mass is 400 g/mol. The summed E-state index contributed by atoms with van der Waals surface area (Å²) >= 11 is 0. The molecule has 8 nitrogen and oxygen atoms in total. The average molecular weight is 400 g/mol. The smallest absolute Gasteiger partial charge is 0.325 e. The first-order valence-corrected chi connectivity index (χ1v) is 10.3. The Morgan fingerprint density at radius 2 is 1.86 bits per heavy atom. The van der Waals surface area contributed by atoms with Crippen molar-refractivity contribution in [2.75, 3.05) is 32.8 Å². The van der Waals surface area contributed by atoms with Gasteiger partial charge in [0.2, 0.25) is 5.91 Å². The highest BCUT2D eigenvalue weighted by molar-refractivity contribution is 6.07. The highest BCUT2D eigenvalue weighted by Crippen LogP contribution is 2.32. The van der Waals surface area contributed by atoms with Gasteiger partial charge >= 0.3 is 6.03 Å². The molecule has 3 aliphatic heterocycles. The summed E-state index contributed by atoms with van der Waals surface area (Å²) in [7, 11) is 0. The molecule has 156 valence electrons. The summed E-state index contributed by atoms with van der Waals surface area (Å²) in [6, 6.07) is 9.55. The quantitative estimate of drug-likeness (QED) is 0.721. The van der Waals surface area contributed by atoms with Crippen molar-refractivity contribution in [1.82, 2.24) is 20.0 Å². The SMILES string of the molecule is O=C(CO)N1CCC[C@@H](N2C(=O)NC3(CCN(Cc4ccccc4)CC3)C2=O)C1. The fraction of sp³-hybridized carbons (Fsp3) is 0.571. The van der Waals surface area contributed by atoms with Gasteiger partial charge in [-0.05, 0) is 31.2 Å². The number of nitrogens with one attached hydrogen (secondary N) is 1. The van der Waals surface area contributed by atoms with Crippen molar-refractivity contribution in [3.8, 4) is 0 Å². The molecule has 8 heteroatoms. The Hall–Kier alpha value is -2.45. The number of hydrogen-bond donors (Lipinski definition) is 2. The minimum atomic E-state index is -0.826. The number of aliphatic hydroxyl groups is 1. The van der Waals surface area contributed by atoms with Crippen LogP contribution in [0.25, 0.3) is 0 Å². The number of rotatable bonds is 4. The Balaban J connectivity index is 1.40. The molecule has 3 aliphatic rings. The molecule has 4 rings (SSSR count). The second-order valence-electron chi connectivity index (χ2n) is 8.24. The highest BCUT2D eigenvalue weighted by Gasteiger charge is 2.54. The first-order chi connectivity index (χ1) is 14.0. The molecule has 1 spiro atoms. The number of aliphatic hydroxyl groups excluding tert-OH is 1. The van der Waals surface area contributed by atoms with Crippen LogP contribution in [0.4, 0.5) is 4.79 Å². The van der Waals surface area contributed by atoms with Gasteiger partial charge in [-0.25, -0.2) is 4.79 Å². The van der Waals surface area contributed by atoms with Crippen molar-refractivity contribution in [2.45, 2.75) is 43.8 Å². The van der Waals surface area contributed by atoms with Crippen molar-refractivity contribution in [3.63, 3.8) is 0 Å². The average Bonchev–Trinajstić information content (AvgIpc) is 2.99. The number of hydrogen-bond acceptors (Lipinski definition) is 5. The normalized spacial score (nSPS) is 24.8. The molecule has 4 amide bonds. The number of piperidine rings is 2. The van der Waals surface area contributed by atoms with Crippen molar-refractivity contribution in [1.29, 1.82) is 0 Å². The number of urea groups is 1. The molecule has 29 heavy (non-hydrogen) atoms. The van der Waals surface area contributed by atoms with Crippen LogP contribution in [-0.4, -0.2) is 82.0 Å². The summed E-state index contributed by atoms with van der Waals surface area (Å²) in [5, 5.41) is 12.1. The van der Waals surface area contributed by atoms with Crippen LogP contribution in [0.2, 0.25) is 0 Å². The molecule has 3 fully saturated rings. The van der Waals surface area contributed by atoms with Gasteiger partial charge in [-0.1, -0.05) is 30.3 Å². The predicted octanol–water partition coefficient (Wildman–Crippen LogP) is 0.556. The van der Waals surface area contributed by atoms with Crippen LogP contribution in [0.15, 0.2) is 30.3 Å². The minimum absolute atomic E-state index is 0.162. The number of nitrogens with zero attached hydrogens (tertiary/aromatic N) is 3. The van der Waals surface area contributed by atoms with Crippen LogP contribution in [0, 0.1) is 0 Å². The lowest BCUT2D eigenvalue weighted by Gasteiger charge is -2.39. The van der Waals surface area contributed by atoms with Crippen LogP contribution in [0.5, 0.6) is 0 Å². The summed E-state index contributed by atoms with van der Waals surface area (Å²) in [5.74, 6) is -0.518. The molecule has 3 saturated heterocycles. The van der Waals surface area contributed by atoms with Crippen LogP contribution in [0.3, 0.4) is 0 Å². The molecule has 0 aromatic heterocycles. The summed E-state index contributed by atoms with van der Waals surface area (Å²) in [4.78, 5) is 43.0. The van der Waals surface area contributed by atoms with E-state index in [9.17, 15) is 14.4 Å². The van der Waals surface area contributed by atoms with E-state index >= 15 is 0 Å². The number of imide groups is 1. The molecule has 0 radical (unpaired) electrons. The lowest BCUT2D eigenvalue weighted by molar-refractivity contribution is -0.140. The Bertz CT molecular complexity index is 776. The van der Waals surface area contributed by atoms with Crippen molar-refractivity contribution in [2.24, 2.45) is 0 Å². The van der Waals surface area contributed by atoms with E-state index in [0.717, 1.165) is 19.6 Å². The van der Waals surface area contributed by atoms with Crippen LogP contribution >= 0.6 is 0 Å². The van der Waals surface area contributed by atoms with E-state index in [0.29, 0.717) is 38.8 Å². The third-order valence-corrected chi connectivity index (χ3v) is 6.40. The number of benzene rings is 1. The van der Waals surface area contributed by atoms with Crippen LogP contribution in [-0.2, 0) is 16.1 Å². The van der Waals surface area contributed by atoms with Gasteiger partial charge in [0.1, 0.15) is 12.1 Å². The Morgan fingerprint density at radius 1 is 1.14 bits per heavy atom. The maximum atomic E-state index is 13.3. The zero-order valence-electron chi connectivity index (χ0n) is 16.5. The maximum absolute atomic E-state index is 13.3. The molecule has 1 atom stereocenters. The molecular formula is C21H28N4O4. The van der Waals surface area contributed by atoms with Crippen molar-refractivity contribution >= 4 is 17.8 Å². The molecule has 2 N–H and O–H groups in total. The molecule has 0 bridgehead atoms. The third kappa shape index (κ3) is 3.86. The molecule has 0 aliphatic carbocycles. The van der Waals surface area contributed by atoms with Crippen LogP contribution < -0.4 is 5.32 Å². The summed E-state index contributed by atoms with van der Waals surface area (Å²) < 4.78 is 0. The summed E-state index contributed by atoms with van der Waals surface area (Å²) in [6.45, 7) is 2.63. The first-order valence-electron chi connectivity index (χ1n) is 10.3. The van der Waals surface area contributed by atoms with E-state index < -0.39 is 12.1 Å². The third-order valence-electron chi connectivity index (χ3n) is 6.40. The van der Waals surface area contributed by atoms with Gasteiger partial charge in [0.25, 0.3) is 5.91 Å². The van der Waals surface area contributed by atoms with Crippen LogP contribution in [0.1, 0.15) is 31.2 Å². The first kappa shape index (κ1) is 19.8. The van der Waals surface area contributed by atoms with Gasteiger partial charge < -0.3 is 15.3 Å². The van der Waals surface area contributed by atoms with E-state index in [2.05, 4.69) is 22.3 Å². The van der Waals surface area contributed by atoms with E-state index in [1.807, 2.05) is 18.2 Å². The number of carbonyl (C=O) groups excluding carboxylic acids is 3. The molecule has 1 aromatic rings. The fourth-order valence-electron chi connectivity index (χ4n) is 4.74. The van der Waals surface area contributed by atoms with Gasteiger partial charge in [-0.3, -0.25) is 19.4 Å². The van der Waals surface area contributed by atoms with Crippen molar-refractivity contribution < 1.29 is 19.5 Å². The van der Waals surface area contributed by atoms with Gasteiger partial charge in [0.05, 0.1) is 6.04 Å². The van der Waals surface area contributed by atoms with E-state index in [4.69, 9.17) is 5.11 Å². The standard InChI is InChI=1S/C21H28N4O4/c26-15-18(27)24-10-4-7-17(14-24)25-19(28)21(22-20(25)29)8-11-23(12-9-21)13-16-5-2-1-3-6-16/h1-3,5-6,17,26H,4,7-15H2,(H,22,29)/t17-/m1/s1. The number of likely N-dealkylation sites (tertiary alicyclic amines) is 2. The Morgan fingerprint density at radius 3 is 2.55 bits per heavy atom. The minimum Gasteiger partial charge on any atom is -0.387 e. The molecule has 0 unspecified atom stereocenters. The van der Waals surface area contributed by atoms with Gasteiger partial charge in [-0.15, -0.1) is 0 Å². The summed E-state index contributed by atoms with van der Waals surface area (Å²) in [6.07, 6.45) is 2.58. The second-order valence-corrected chi connectivity index (χ2v) is 8.24. The molecule has 0 saturated carbocycles. The van der Waals surface area contributed by atoms with Crippen molar-refractivity contribution in [3.05, 3.63) is 35.9 Å². The lowest BCUT2D eigenvalue weighted by Crippen LogP contribution is -2.56. The van der Waals surface area contributed by atoms with Gasteiger partial charge in [-0.2, -0.15) is 0 Å². The largest absolute Gasteiger partial charge is 0.387 e. The zero-order valence-corrected chi connectivity index (χ0v) is 16.5. The zero-order chi connectivity index (χ0) is 20.4. The predicted molar refractivity (Wildman–Crippen MR) is 106 cm³/mol. The van der Waals surface area contributed by atoms with Gasteiger partial charge in [0.15, 0.2) is 0 Å². The van der Waals surface area contributed by atoms with E-state index in [-0.39, 0.29) is 23.9 Å². The number of carbonyl (C=O) groups is 3. The maximum Gasteiger partial charge on any atom is 0.325 e. The molecule has 1 aromatic carbocycles. The molecule has 3 heterocycles. The van der Waals surface area contributed by atoms with Gasteiger partial charge in [0, 0.05) is 32.7 Å². The lowest BCUT2D eigenvalue weighted by atomic mass is 9.87. The van der Waals surface area contributed by atoms with E-state index in [1.165, 1.54) is 10.5 Å². The molecular weight excluding hydrogens is 372 g/mol. The highest BCUT2D eigenvalue weighted by atomic mass is 16.3. The Kier molecular flexibility index (Phi) is 5.56.